The van der Waals surface area contributed by atoms with E-state index in [0.717, 1.165) is 29.6 Å². The number of carbonyl (C=O) groups excluding carboxylic acids is 3. The van der Waals surface area contributed by atoms with E-state index in [9.17, 15) is 39.6 Å². The minimum atomic E-state index is -4.38. The molecule has 0 saturated carbocycles. The number of ketones is 3. The molecule has 0 aromatic heterocycles. The molecule has 71 heavy (non-hydrogen) atoms. The van der Waals surface area contributed by atoms with E-state index >= 15 is 0 Å². The van der Waals surface area contributed by atoms with Crippen LogP contribution in [0.2, 0.25) is 0 Å². The van der Waals surface area contributed by atoms with Crippen molar-refractivity contribution in [2.24, 2.45) is 0 Å². The Kier molecular flexibility index (Phi) is 14.8. The van der Waals surface area contributed by atoms with E-state index in [2.05, 4.69) is 0 Å². The van der Waals surface area contributed by atoms with Crippen LogP contribution in [0.4, 0.5) is 0 Å². The number of sulfonamides is 3. The van der Waals surface area contributed by atoms with Gasteiger partial charge < -0.3 is 4.74 Å². The van der Waals surface area contributed by atoms with E-state index in [1.807, 2.05) is 20.8 Å². The van der Waals surface area contributed by atoms with Gasteiger partial charge in [-0.2, -0.15) is 12.9 Å². The van der Waals surface area contributed by atoms with Crippen molar-refractivity contribution in [2.75, 3.05) is 33.3 Å². The Labute approximate surface area is 415 Å². The molecule has 16 heteroatoms. The van der Waals surface area contributed by atoms with Crippen molar-refractivity contribution in [1.82, 2.24) is 12.9 Å². The number of nitrogens with zero attached hydrogens (tertiary/aromatic N) is 3. The molecule has 11 rings (SSSR count). The van der Waals surface area contributed by atoms with Crippen molar-refractivity contribution in [1.29, 1.82) is 0 Å². The largest absolute Gasteiger partial charge is 0.497 e. The van der Waals surface area contributed by atoms with Crippen LogP contribution in [-0.2, 0) is 43.2 Å². The second-order valence-electron chi connectivity index (χ2n) is 17.4. The van der Waals surface area contributed by atoms with Gasteiger partial charge in [0.05, 0.1) is 21.8 Å². The molecule has 4 heterocycles. The number of ether oxygens (including phenoxy) is 1. The molecule has 13 nitrogen and oxygen atoms in total. The summed E-state index contributed by atoms with van der Waals surface area (Å²) in [4.78, 5) is 42.7. The zero-order chi connectivity index (χ0) is 50.7. The highest BCUT2D eigenvalue weighted by Crippen LogP contribution is 2.27. The molecule has 6 bridgehead atoms. The Morgan fingerprint density at radius 1 is 0.423 bits per heavy atom. The molecular formula is C55H51N3O10S3. The SMILES string of the molecule is COc1cccc(C(=O)c2cc3cc(c2)C(=O)c2ccc(cc2)CN(S(=O)(=O)c2ccc(C)cc2)CCN(S(=O)(=O)c2ccc(C)cc2)CCN(S(=O)(=O)c2ccc(C)cc2)Cc2ccc(cc2)C3=O)c1. The highest BCUT2D eigenvalue weighted by Gasteiger charge is 2.32. The lowest BCUT2D eigenvalue weighted by molar-refractivity contribution is 0.103. The van der Waals surface area contributed by atoms with Crippen molar-refractivity contribution < 1.29 is 44.4 Å². The number of carbonyl (C=O) groups is 3. The molecule has 0 fully saturated rings. The van der Waals surface area contributed by atoms with Gasteiger partial charge in [-0.1, -0.05) is 114 Å². The van der Waals surface area contributed by atoms with Gasteiger partial charge in [-0.25, -0.2) is 25.3 Å². The molecule has 4 aliphatic heterocycles. The molecule has 0 aliphatic carbocycles. The summed E-state index contributed by atoms with van der Waals surface area (Å²) in [5.41, 5.74) is 4.19. The first kappa shape index (κ1) is 50.5. The van der Waals surface area contributed by atoms with Crippen LogP contribution in [0.1, 0.15) is 75.6 Å². The lowest BCUT2D eigenvalue weighted by Gasteiger charge is -2.29. The molecule has 0 unspecified atom stereocenters. The van der Waals surface area contributed by atoms with Crippen LogP contribution in [0.15, 0.2) is 178 Å². The van der Waals surface area contributed by atoms with Gasteiger partial charge >= 0.3 is 0 Å². The lowest BCUT2D eigenvalue weighted by Crippen LogP contribution is -2.44. The summed E-state index contributed by atoms with van der Waals surface area (Å²) in [6.07, 6.45) is 0. The highest BCUT2D eigenvalue weighted by molar-refractivity contribution is 7.89. The van der Waals surface area contributed by atoms with Crippen molar-refractivity contribution in [3.05, 3.63) is 225 Å². The van der Waals surface area contributed by atoms with Crippen molar-refractivity contribution in [3.63, 3.8) is 0 Å². The normalized spacial score (nSPS) is 15.0. The fourth-order valence-corrected chi connectivity index (χ4v) is 12.4. The van der Waals surface area contributed by atoms with Crippen LogP contribution in [0.25, 0.3) is 0 Å². The number of rotatable bonds is 9. The molecule has 7 aromatic carbocycles. The van der Waals surface area contributed by atoms with Gasteiger partial charge in [-0.3, -0.25) is 14.4 Å². The first-order valence-electron chi connectivity index (χ1n) is 22.6. The number of methoxy groups -OCH3 is 1. The van der Waals surface area contributed by atoms with Crippen LogP contribution >= 0.6 is 0 Å². The second-order valence-corrected chi connectivity index (χ2v) is 23.2. The Balaban J connectivity index is 1.27. The van der Waals surface area contributed by atoms with Crippen LogP contribution in [0, 0.1) is 20.8 Å². The van der Waals surface area contributed by atoms with E-state index in [0.29, 0.717) is 16.9 Å². The van der Waals surface area contributed by atoms with Gasteiger partial charge in [0.1, 0.15) is 5.75 Å². The smallest absolute Gasteiger partial charge is 0.243 e. The summed E-state index contributed by atoms with van der Waals surface area (Å²) in [6.45, 7) is 3.53. The molecule has 0 N–H and O–H groups in total. The first-order valence-corrected chi connectivity index (χ1v) is 27.0. The van der Waals surface area contributed by atoms with Crippen molar-refractivity contribution in [3.8, 4) is 5.75 Å². The molecule has 0 saturated heterocycles. The van der Waals surface area contributed by atoms with E-state index < -0.39 is 47.4 Å². The third-order valence-corrected chi connectivity index (χ3v) is 18.0. The molecule has 7 aromatic rings. The quantitative estimate of drug-likeness (QED) is 0.128. The number of hydrogen-bond acceptors (Lipinski definition) is 10. The Morgan fingerprint density at radius 2 is 0.789 bits per heavy atom. The molecule has 0 spiro atoms. The molecule has 4 aliphatic rings. The fourth-order valence-electron chi connectivity index (χ4n) is 8.16. The molecule has 0 radical (unpaired) electrons. The summed E-state index contributed by atoms with van der Waals surface area (Å²) in [7, 11) is -11.5. The fraction of sp³-hybridized carbons (Fsp3) is 0.182. The average molecular weight is 1010 g/mol. The third kappa shape index (κ3) is 11.2. The molecular weight excluding hydrogens is 959 g/mol. The first-order chi connectivity index (χ1) is 33.8. The Bertz CT molecular complexity index is 3310. The van der Waals surface area contributed by atoms with Crippen LogP contribution < -0.4 is 4.74 Å². The van der Waals surface area contributed by atoms with E-state index in [4.69, 9.17) is 4.74 Å². The molecule has 0 amide bonds. The molecule has 0 atom stereocenters. The average Bonchev–Trinajstić information content (AvgIpc) is 3.37. The van der Waals surface area contributed by atoms with Gasteiger partial charge in [-0.05, 0) is 98.6 Å². The summed E-state index contributed by atoms with van der Waals surface area (Å²) in [5, 5.41) is 0. The predicted molar refractivity (Wildman–Crippen MR) is 270 cm³/mol. The van der Waals surface area contributed by atoms with E-state index in [1.165, 1.54) is 86.0 Å². The number of hydrogen-bond donors (Lipinski definition) is 0. The second kappa shape index (κ2) is 20.8. The van der Waals surface area contributed by atoms with Crippen LogP contribution in [-0.4, -0.2) is 88.8 Å². The van der Waals surface area contributed by atoms with Crippen molar-refractivity contribution in [2.45, 2.75) is 48.5 Å². The van der Waals surface area contributed by atoms with Gasteiger partial charge in [0.2, 0.25) is 30.1 Å². The topological polar surface area (TPSA) is 173 Å². The minimum Gasteiger partial charge on any atom is -0.497 e. The third-order valence-electron chi connectivity index (χ3n) is 12.4. The summed E-state index contributed by atoms with van der Waals surface area (Å²) >= 11 is 0. The maximum absolute atomic E-state index is 14.7. The Hall–Kier alpha value is -6.92. The predicted octanol–water partition coefficient (Wildman–Crippen LogP) is 8.40. The zero-order valence-electron chi connectivity index (χ0n) is 39.5. The van der Waals surface area contributed by atoms with Gasteiger partial charge in [-0.15, -0.1) is 0 Å². The summed E-state index contributed by atoms with van der Waals surface area (Å²) in [6, 6.07) is 41.9. The maximum atomic E-state index is 14.7. The highest BCUT2D eigenvalue weighted by atomic mass is 32.2. The van der Waals surface area contributed by atoms with Crippen LogP contribution in [0.5, 0.6) is 5.75 Å². The zero-order valence-corrected chi connectivity index (χ0v) is 41.9. The summed E-state index contributed by atoms with van der Waals surface area (Å²) in [5.74, 6) is -1.06. The van der Waals surface area contributed by atoms with E-state index in [1.54, 1.807) is 84.9 Å². The molecule has 364 valence electrons. The van der Waals surface area contributed by atoms with Crippen molar-refractivity contribution >= 4 is 47.4 Å². The minimum absolute atomic E-state index is 0.0283. The Morgan fingerprint density at radius 3 is 1.17 bits per heavy atom. The standard InChI is InChI=1S/C55H51N3O10S3/c1-38-8-22-50(23-9-38)69(62,63)56-28-30-57(70(64,65)51-24-10-39(2)11-25-51)36-41-14-18-43(19-15-41)53(59)46-32-47(34-48(33-46)55(61)45-6-5-7-49(35-45)68-4)54(60)44-20-16-42(17-21-44)37-58(31-29-56)71(66,67)52-26-12-40(3)13-27-52/h5-27,32-35H,28-31,36-37H2,1-4H3. The number of aryl methyl sites for hydroxylation is 3. The van der Waals surface area contributed by atoms with Gasteiger partial charge in [0.15, 0.2) is 17.3 Å². The lowest BCUT2D eigenvalue weighted by atomic mass is 9.92. The summed E-state index contributed by atoms with van der Waals surface area (Å²) < 4.78 is 96.5. The van der Waals surface area contributed by atoms with E-state index in [-0.39, 0.29) is 87.3 Å². The number of benzene rings is 7. The van der Waals surface area contributed by atoms with Gasteiger partial charge in [0.25, 0.3) is 0 Å². The maximum Gasteiger partial charge on any atom is 0.243 e. The monoisotopic (exact) mass is 1010 g/mol. The van der Waals surface area contributed by atoms with Crippen LogP contribution in [0.3, 0.4) is 0 Å². The van der Waals surface area contributed by atoms with Gasteiger partial charge in [0, 0.05) is 72.6 Å².